The van der Waals surface area contributed by atoms with Gasteiger partial charge in [-0.25, -0.2) is 4.79 Å². The summed E-state index contributed by atoms with van der Waals surface area (Å²) in [5.41, 5.74) is 4.03. The van der Waals surface area contributed by atoms with Gasteiger partial charge in [0, 0.05) is 12.7 Å². The second kappa shape index (κ2) is 5.39. The molecule has 0 N–H and O–H groups in total. The van der Waals surface area contributed by atoms with Gasteiger partial charge in [-0.05, 0) is 36.6 Å². The van der Waals surface area contributed by atoms with Crippen LogP contribution in [-0.2, 0) is 6.42 Å². The van der Waals surface area contributed by atoms with E-state index in [0.717, 1.165) is 28.6 Å². The Morgan fingerprint density at radius 3 is 2.74 bits per heavy atom. The molecule has 0 bridgehead atoms. The Balaban J connectivity index is 1.74. The zero-order valence-corrected chi connectivity index (χ0v) is 12.8. The molecule has 0 saturated heterocycles. The molecule has 0 fully saturated rings. The molecule has 1 amide bonds. The molecule has 0 aliphatic carbocycles. The van der Waals surface area contributed by atoms with Gasteiger partial charge in [0.25, 0.3) is 0 Å². The summed E-state index contributed by atoms with van der Waals surface area (Å²) >= 11 is 0. The third-order valence-electron chi connectivity index (χ3n) is 4.21. The molecule has 4 heteroatoms. The van der Waals surface area contributed by atoms with Gasteiger partial charge < -0.3 is 4.74 Å². The fraction of sp³-hybridized carbons (Fsp3) is 0.158. The standard InChI is InChI=1S/C19H16N2O2/c1-13-7-8-16-17-15(9-11-20-18(13)17)21(19(22)23-16)12-10-14-5-3-2-4-6-14/h2-9,11H,10,12H2,1H3. The lowest BCUT2D eigenvalue weighted by Crippen LogP contribution is -2.37. The van der Waals surface area contributed by atoms with Crippen molar-refractivity contribution in [3.63, 3.8) is 0 Å². The summed E-state index contributed by atoms with van der Waals surface area (Å²) in [6.07, 6.45) is 2.20. The first-order chi connectivity index (χ1) is 11.2. The summed E-state index contributed by atoms with van der Waals surface area (Å²) in [5, 5.41) is 0.917. The van der Waals surface area contributed by atoms with E-state index >= 15 is 0 Å². The van der Waals surface area contributed by atoms with Crippen molar-refractivity contribution in [3.8, 4) is 5.75 Å². The molecule has 114 valence electrons. The van der Waals surface area contributed by atoms with E-state index in [1.165, 1.54) is 5.56 Å². The SMILES string of the molecule is Cc1ccc2c3c(ccnc13)N(CCc1ccccc1)C(=O)O2. The van der Waals surface area contributed by atoms with Crippen LogP contribution in [0.4, 0.5) is 10.5 Å². The highest BCUT2D eigenvalue weighted by molar-refractivity contribution is 6.08. The lowest BCUT2D eigenvalue weighted by Gasteiger charge is -2.28. The topological polar surface area (TPSA) is 42.4 Å². The molecule has 2 aromatic carbocycles. The Kier molecular flexibility index (Phi) is 3.23. The number of carbonyl (C=O) groups excluding carboxylic acids is 1. The Morgan fingerprint density at radius 2 is 1.91 bits per heavy atom. The number of benzene rings is 2. The first-order valence-corrected chi connectivity index (χ1v) is 7.65. The third-order valence-corrected chi connectivity index (χ3v) is 4.21. The highest BCUT2D eigenvalue weighted by atomic mass is 16.6. The molecule has 0 atom stereocenters. The Morgan fingerprint density at radius 1 is 1.09 bits per heavy atom. The van der Waals surface area contributed by atoms with Crippen LogP contribution in [0.2, 0.25) is 0 Å². The Hall–Kier alpha value is -2.88. The van der Waals surface area contributed by atoms with Crippen LogP contribution in [0.25, 0.3) is 10.9 Å². The number of hydrogen-bond acceptors (Lipinski definition) is 3. The van der Waals surface area contributed by atoms with Crippen molar-refractivity contribution in [2.75, 3.05) is 11.4 Å². The molecule has 0 radical (unpaired) electrons. The maximum atomic E-state index is 12.4. The van der Waals surface area contributed by atoms with Gasteiger partial charge in [-0.15, -0.1) is 0 Å². The smallest absolute Gasteiger partial charge is 0.409 e. The van der Waals surface area contributed by atoms with Crippen LogP contribution < -0.4 is 9.64 Å². The van der Waals surface area contributed by atoms with Crippen LogP contribution in [0.1, 0.15) is 11.1 Å². The minimum Gasteiger partial charge on any atom is -0.409 e. The molecule has 0 saturated carbocycles. The van der Waals surface area contributed by atoms with E-state index in [9.17, 15) is 4.79 Å². The second-order valence-corrected chi connectivity index (χ2v) is 5.69. The number of carbonyl (C=O) groups is 1. The monoisotopic (exact) mass is 304 g/mol. The second-order valence-electron chi connectivity index (χ2n) is 5.69. The quantitative estimate of drug-likeness (QED) is 0.731. The maximum absolute atomic E-state index is 12.4. The molecule has 23 heavy (non-hydrogen) atoms. The molecule has 4 rings (SSSR count). The number of nitrogens with zero attached hydrogens (tertiary/aromatic N) is 2. The molecule has 3 aromatic rings. The van der Waals surface area contributed by atoms with E-state index in [2.05, 4.69) is 17.1 Å². The first kappa shape index (κ1) is 13.8. The summed E-state index contributed by atoms with van der Waals surface area (Å²) in [5.74, 6) is 0.592. The molecule has 1 aliphatic heterocycles. The number of aromatic nitrogens is 1. The number of hydrogen-bond donors (Lipinski definition) is 0. The average Bonchev–Trinajstić information content (AvgIpc) is 2.58. The molecule has 1 aliphatic rings. The van der Waals surface area contributed by atoms with Crippen LogP contribution in [-0.4, -0.2) is 17.6 Å². The summed E-state index contributed by atoms with van der Waals surface area (Å²) in [4.78, 5) is 18.5. The molecular formula is C19H16N2O2. The number of rotatable bonds is 3. The van der Waals surface area contributed by atoms with Crippen molar-refractivity contribution in [1.29, 1.82) is 0 Å². The number of aryl methyl sites for hydroxylation is 1. The van der Waals surface area contributed by atoms with Crippen molar-refractivity contribution in [2.45, 2.75) is 13.3 Å². The fourth-order valence-electron chi connectivity index (χ4n) is 3.01. The minimum atomic E-state index is -0.329. The van der Waals surface area contributed by atoms with Crippen LogP contribution in [0.3, 0.4) is 0 Å². The van der Waals surface area contributed by atoms with E-state index in [4.69, 9.17) is 4.74 Å². The van der Waals surface area contributed by atoms with E-state index in [1.54, 1.807) is 11.1 Å². The van der Waals surface area contributed by atoms with Gasteiger partial charge in [0.2, 0.25) is 0 Å². The number of anilines is 1. The van der Waals surface area contributed by atoms with E-state index in [1.807, 2.05) is 43.3 Å². The zero-order valence-electron chi connectivity index (χ0n) is 12.8. The normalized spacial score (nSPS) is 13.3. The average molecular weight is 304 g/mol. The number of ether oxygens (including phenoxy) is 1. The van der Waals surface area contributed by atoms with E-state index in [0.29, 0.717) is 12.3 Å². The summed E-state index contributed by atoms with van der Waals surface area (Å²) in [6.45, 7) is 2.59. The largest absolute Gasteiger partial charge is 0.419 e. The lowest BCUT2D eigenvalue weighted by atomic mass is 10.1. The fourth-order valence-corrected chi connectivity index (χ4v) is 3.01. The predicted molar refractivity (Wildman–Crippen MR) is 90.0 cm³/mol. The molecular weight excluding hydrogens is 288 g/mol. The number of amides is 1. The van der Waals surface area contributed by atoms with Gasteiger partial charge in [-0.1, -0.05) is 36.4 Å². The van der Waals surface area contributed by atoms with Crippen LogP contribution in [0.5, 0.6) is 5.75 Å². The zero-order chi connectivity index (χ0) is 15.8. The van der Waals surface area contributed by atoms with Gasteiger partial charge in [0.15, 0.2) is 0 Å². The molecule has 0 spiro atoms. The van der Waals surface area contributed by atoms with E-state index in [-0.39, 0.29) is 6.09 Å². The molecule has 0 unspecified atom stereocenters. The molecule has 1 aromatic heterocycles. The van der Waals surface area contributed by atoms with Gasteiger partial charge in [-0.3, -0.25) is 9.88 Å². The summed E-state index contributed by atoms with van der Waals surface area (Å²) in [7, 11) is 0. The lowest BCUT2D eigenvalue weighted by molar-refractivity contribution is 0.207. The van der Waals surface area contributed by atoms with Crippen LogP contribution in [0.15, 0.2) is 54.7 Å². The van der Waals surface area contributed by atoms with Crippen LogP contribution in [0, 0.1) is 6.92 Å². The Bertz CT molecular complexity index is 891. The first-order valence-electron chi connectivity index (χ1n) is 7.65. The number of pyridine rings is 1. The van der Waals surface area contributed by atoms with Crippen molar-refractivity contribution >= 4 is 22.7 Å². The third kappa shape index (κ3) is 2.32. The molecule has 4 nitrogen and oxygen atoms in total. The summed E-state index contributed by atoms with van der Waals surface area (Å²) < 4.78 is 5.51. The van der Waals surface area contributed by atoms with Crippen molar-refractivity contribution in [1.82, 2.24) is 4.98 Å². The minimum absolute atomic E-state index is 0.329. The highest BCUT2D eigenvalue weighted by Gasteiger charge is 2.28. The van der Waals surface area contributed by atoms with Crippen molar-refractivity contribution < 1.29 is 9.53 Å². The van der Waals surface area contributed by atoms with Crippen molar-refractivity contribution in [2.24, 2.45) is 0 Å². The van der Waals surface area contributed by atoms with Gasteiger partial charge >= 0.3 is 6.09 Å². The van der Waals surface area contributed by atoms with Crippen LogP contribution >= 0.6 is 0 Å². The van der Waals surface area contributed by atoms with Gasteiger partial charge in [0.05, 0.1) is 16.6 Å². The predicted octanol–water partition coefficient (Wildman–Crippen LogP) is 4.10. The Labute approximate surface area is 134 Å². The van der Waals surface area contributed by atoms with E-state index < -0.39 is 0 Å². The summed E-state index contributed by atoms with van der Waals surface area (Å²) in [6, 6.07) is 15.8. The molecule has 2 heterocycles. The highest BCUT2D eigenvalue weighted by Crippen LogP contribution is 2.38. The van der Waals surface area contributed by atoms with Crippen molar-refractivity contribution in [3.05, 3.63) is 65.9 Å². The maximum Gasteiger partial charge on any atom is 0.419 e. The van der Waals surface area contributed by atoms with Gasteiger partial charge in [-0.2, -0.15) is 0 Å². The van der Waals surface area contributed by atoms with Gasteiger partial charge in [0.1, 0.15) is 5.75 Å².